The Morgan fingerprint density at radius 2 is 2.25 bits per heavy atom. The van der Waals surface area contributed by atoms with Crippen molar-refractivity contribution >= 4 is 15.7 Å². The predicted molar refractivity (Wildman–Crippen MR) is 76.5 cm³/mol. The van der Waals surface area contributed by atoms with E-state index in [9.17, 15) is 8.42 Å². The van der Waals surface area contributed by atoms with Gasteiger partial charge in [0.05, 0.1) is 18.4 Å². The highest BCUT2D eigenvalue weighted by molar-refractivity contribution is 7.92. The smallest absolute Gasteiger partial charge is 0.265 e. The number of hydrogen-bond donors (Lipinski definition) is 3. The van der Waals surface area contributed by atoms with Crippen LogP contribution >= 0.6 is 0 Å². The molecule has 104 valence electrons. The Morgan fingerprint density at radius 1 is 1.45 bits per heavy atom. The van der Waals surface area contributed by atoms with Crippen molar-refractivity contribution in [2.75, 3.05) is 11.3 Å². The van der Waals surface area contributed by atoms with E-state index >= 15 is 0 Å². The van der Waals surface area contributed by atoms with E-state index in [2.05, 4.69) is 26.8 Å². The summed E-state index contributed by atoms with van der Waals surface area (Å²) < 4.78 is 26.8. The molecule has 0 fully saturated rings. The molecular formula is C13H14N4O2S. The number of benzene rings is 1. The highest BCUT2D eigenvalue weighted by atomic mass is 32.2. The van der Waals surface area contributed by atoms with E-state index < -0.39 is 10.0 Å². The maximum Gasteiger partial charge on any atom is 0.265 e. The number of hydrogen-bond acceptors (Lipinski definition) is 4. The average molecular weight is 290 g/mol. The normalized spacial score (nSPS) is 10.7. The van der Waals surface area contributed by atoms with Gasteiger partial charge in [0.2, 0.25) is 0 Å². The van der Waals surface area contributed by atoms with Gasteiger partial charge in [-0.3, -0.25) is 9.82 Å². The van der Waals surface area contributed by atoms with Gasteiger partial charge in [0.25, 0.3) is 10.0 Å². The van der Waals surface area contributed by atoms with Gasteiger partial charge in [-0.2, -0.15) is 5.10 Å². The number of rotatable bonds is 3. The molecule has 20 heavy (non-hydrogen) atoms. The van der Waals surface area contributed by atoms with Crippen molar-refractivity contribution in [1.29, 1.82) is 0 Å². The van der Waals surface area contributed by atoms with Gasteiger partial charge in [0, 0.05) is 11.8 Å². The molecular weight excluding hydrogens is 276 g/mol. The van der Waals surface area contributed by atoms with Crippen LogP contribution < -0.4 is 10.5 Å². The third kappa shape index (κ3) is 3.17. The molecule has 0 atom stereocenters. The lowest BCUT2D eigenvalue weighted by Crippen LogP contribution is -2.13. The number of nitrogens with zero attached hydrogens (tertiary/aromatic N) is 1. The third-order valence-corrected chi connectivity index (χ3v) is 3.86. The topological polar surface area (TPSA) is 101 Å². The molecule has 0 aliphatic rings. The lowest BCUT2D eigenvalue weighted by Gasteiger charge is -2.09. The quantitative estimate of drug-likeness (QED) is 0.729. The van der Waals surface area contributed by atoms with E-state index in [1.54, 1.807) is 18.2 Å². The zero-order chi connectivity index (χ0) is 14.6. The molecule has 2 aromatic rings. The van der Waals surface area contributed by atoms with Gasteiger partial charge >= 0.3 is 0 Å². The largest absolute Gasteiger partial charge is 0.320 e. The minimum absolute atomic E-state index is 0.0656. The fraction of sp³-hybridized carbons (Fsp3) is 0.154. The van der Waals surface area contributed by atoms with Crippen molar-refractivity contribution < 1.29 is 8.42 Å². The molecule has 0 unspecified atom stereocenters. The Hall–Kier alpha value is -2.30. The second-order valence-electron chi connectivity index (χ2n) is 4.09. The van der Waals surface area contributed by atoms with Crippen molar-refractivity contribution in [2.24, 2.45) is 5.73 Å². The van der Waals surface area contributed by atoms with Crippen LogP contribution in [0.5, 0.6) is 0 Å². The summed E-state index contributed by atoms with van der Waals surface area (Å²) in [4.78, 5) is 0.0656. The summed E-state index contributed by atoms with van der Waals surface area (Å²) in [6.07, 6.45) is 2.55. The van der Waals surface area contributed by atoms with Crippen LogP contribution in [0.1, 0.15) is 11.1 Å². The number of anilines is 1. The molecule has 1 heterocycles. The monoisotopic (exact) mass is 290 g/mol. The second-order valence-corrected chi connectivity index (χ2v) is 5.78. The SMILES string of the molecule is Cc1ccc(NS(=O)(=O)c2cn[nH]c2)c(C#CCN)c1. The van der Waals surface area contributed by atoms with Gasteiger partial charge in [-0.1, -0.05) is 17.9 Å². The number of aromatic nitrogens is 2. The molecule has 0 bridgehead atoms. The van der Waals surface area contributed by atoms with E-state index in [-0.39, 0.29) is 11.4 Å². The van der Waals surface area contributed by atoms with E-state index in [0.29, 0.717) is 11.3 Å². The average Bonchev–Trinajstić information content (AvgIpc) is 2.93. The standard InChI is InChI=1S/C13H14N4O2S/c1-10-4-5-13(11(7-10)3-2-6-14)17-20(18,19)12-8-15-16-9-12/h4-5,7-9,17H,6,14H2,1H3,(H,15,16). The highest BCUT2D eigenvalue weighted by Gasteiger charge is 2.16. The fourth-order valence-corrected chi connectivity index (χ4v) is 2.57. The Morgan fingerprint density at radius 3 is 2.90 bits per heavy atom. The van der Waals surface area contributed by atoms with Crippen LogP contribution in [0.4, 0.5) is 5.69 Å². The molecule has 0 saturated carbocycles. The van der Waals surface area contributed by atoms with Gasteiger partial charge in [0.15, 0.2) is 0 Å². The van der Waals surface area contributed by atoms with E-state index in [1.165, 1.54) is 12.4 Å². The molecule has 0 saturated heterocycles. The Kier molecular flexibility index (Phi) is 4.08. The zero-order valence-electron chi connectivity index (χ0n) is 10.8. The summed E-state index contributed by atoms with van der Waals surface area (Å²) in [5.74, 6) is 5.57. The lowest BCUT2D eigenvalue weighted by atomic mass is 10.1. The first kappa shape index (κ1) is 14.1. The van der Waals surface area contributed by atoms with Crippen LogP contribution in [0.2, 0.25) is 0 Å². The molecule has 0 spiro atoms. The number of aryl methyl sites for hydroxylation is 1. The van der Waals surface area contributed by atoms with Crippen LogP contribution in [0, 0.1) is 18.8 Å². The van der Waals surface area contributed by atoms with Gasteiger partial charge in [-0.15, -0.1) is 0 Å². The molecule has 0 amide bonds. The number of aromatic amines is 1. The van der Waals surface area contributed by atoms with Crippen LogP contribution in [0.25, 0.3) is 0 Å². The van der Waals surface area contributed by atoms with E-state index in [1.807, 2.05) is 6.92 Å². The molecule has 7 heteroatoms. The summed E-state index contributed by atoms with van der Waals surface area (Å²) in [6, 6.07) is 5.28. The van der Waals surface area contributed by atoms with Crippen LogP contribution in [0.3, 0.4) is 0 Å². The van der Waals surface area contributed by atoms with E-state index in [4.69, 9.17) is 5.73 Å². The number of nitrogens with two attached hydrogens (primary N) is 1. The van der Waals surface area contributed by atoms with Gasteiger partial charge in [-0.05, 0) is 24.6 Å². The van der Waals surface area contributed by atoms with Gasteiger partial charge < -0.3 is 5.73 Å². The second kappa shape index (κ2) is 5.77. The fourth-order valence-electron chi connectivity index (χ4n) is 1.59. The Labute approximate surface area is 117 Å². The molecule has 0 radical (unpaired) electrons. The van der Waals surface area contributed by atoms with E-state index in [0.717, 1.165) is 5.56 Å². The third-order valence-electron chi connectivity index (χ3n) is 2.53. The maximum atomic E-state index is 12.1. The number of H-pyrrole nitrogens is 1. The van der Waals surface area contributed by atoms with Crippen LogP contribution in [-0.4, -0.2) is 25.2 Å². The van der Waals surface area contributed by atoms with Crippen molar-refractivity contribution in [3.63, 3.8) is 0 Å². The van der Waals surface area contributed by atoms with Crippen molar-refractivity contribution in [3.05, 3.63) is 41.7 Å². The molecule has 1 aromatic carbocycles. The lowest BCUT2D eigenvalue weighted by molar-refractivity contribution is 0.601. The predicted octanol–water partition coefficient (Wildman–Crippen LogP) is 0.829. The van der Waals surface area contributed by atoms with Crippen molar-refractivity contribution in [3.8, 4) is 11.8 Å². The van der Waals surface area contributed by atoms with Crippen molar-refractivity contribution in [1.82, 2.24) is 10.2 Å². The van der Waals surface area contributed by atoms with Gasteiger partial charge in [0.1, 0.15) is 4.90 Å². The number of nitrogens with one attached hydrogen (secondary N) is 2. The first-order chi connectivity index (χ1) is 9.53. The summed E-state index contributed by atoms with van der Waals surface area (Å²) in [7, 11) is -3.67. The van der Waals surface area contributed by atoms with Crippen LogP contribution in [-0.2, 0) is 10.0 Å². The molecule has 2 rings (SSSR count). The minimum atomic E-state index is -3.67. The zero-order valence-corrected chi connectivity index (χ0v) is 11.7. The summed E-state index contributed by atoms with van der Waals surface area (Å²) >= 11 is 0. The van der Waals surface area contributed by atoms with Crippen LogP contribution in [0.15, 0.2) is 35.5 Å². The van der Waals surface area contributed by atoms with Gasteiger partial charge in [-0.25, -0.2) is 8.42 Å². The maximum absolute atomic E-state index is 12.1. The first-order valence-corrected chi connectivity index (χ1v) is 7.32. The molecule has 1 aromatic heterocycles. The molecule has 4 N–H and O–H groups in total. The highest BCUT2D eigenvalue weighted by Crippen LogP contribution is 2.20. The number of sulfonamides is 1. The minimum Gasteiger partial charge on any atom is -0.320 e. The Bertz CT molecular complexity index is 755. The summed E-state index contributed by atoms with van der Waals surface area (Å²) in [5.41, 5.74) is 7.33. The first-order valence-electron chi connectivity index (χ1n) is 5.84. The Balaban J connectivity index is 2.39. The molecule has 0 aliphatic heterocycles. The van der Waals surface area contributed by atoms with Crippen molar-refractivity contribution in [2.45, 2.75) is 11.8 Å². The molecule has 6 nitrogen and oxygen atoms in total. The summed E-state index contributed by atoms with van der Waals surface area (Å²) in [5, 5.41) is 6.09. The molecule has 0 aliphatic carbocycles. The summed E-state index contributed by atoms with van der Waals surface area (Å²) in [6.45, 7) is 2.11.